The fourth-order valence-electron chi connectivity index (χ4n) is 1.06. The standard InChI is InChI=1S/C8H8F3N3O3S/c9-8(10,11)17-5-3-1-2-4-6(5)18(15,16)14-7(12)13/h1-4H,(H4,12,13,14). The van der Waals surface area contributed by atoms with Crippen LogP contribution in [0.5, 0.6) is 5.75 Å². The van der Waals surface area contributed by atoms with E-state index in [-0.39, 0.29) is 0 Å². The molecule has 6 nitrogen and oxygen atoms in total. The number of sulfonamides is 1. The number of rotatable bonds is 3. The zero-order chi connectivity index (χ0) is 14.0. The molecule has 10 heteroatoms. The Kier molecular flexibility index (Phi) is 3.70. The van der Waals surface area contributed by atoms with Gasteiger partial charge in [-0.15, -0.1) is 17.6 Å². The van der Waals surface area contributed by atoms with Crippen LogP contribution in [0.3, 0.4) is 0 Å². The number of guanidine groups is 1. The third-order valence-corrected chi connectivity index (χ3v) is 2.92. The van der Waals surface area contributed by atoms with Crippen LogP contribution in [-0.4, -0.2) is 20.7 Å². The highest BCUT2D eigenvalue weighted by Gasteiger charge is 2.33. The molecule has 0 fully saturated rings. The van der Waals surface area contributed by atoms with Crippen molar-refractivity contribution in [2.45, 2.75) is 11.3 Å². The van der Waals surface area contributed by atoms with Gasteiger partial charge < -0.3 is 16.2 Å². The van der Waals surface area contributed by atoms with E-state index in [0.29, 0.717) is 0 Å². The zero-order valence-corrected chi connectivity index (χ0v) is 9.49. The number of benzene rings is 1. The average molecular weight is 283 g/mol. The van der Waals surface area contributed by atoms with Crippen LogP contribution in [0.1, 0.15) is 0 Å². The third-order valence-electron chi connectivity index (χ3n) is 1.58. The second kappa shape index (κ2) is 4.72. The number of nitrogens with two attached hydrogens (primary N) is 2. The van der Waals surface area contributed by atoms with Crippen LogP contribution in [0.15, 0.2) is 33.6 Å². The molecule has 0 saturated carbocycles. The highest BCUT2D eigenvalue weighted by Crippen LogP contribution is 2.30. The van der Waals surface area contributed by atoms with Crippen molar-refractivity contribution in [3.8, 4) is 5.75 Å². The molecule has 100 valence electrons. The van der Waals surface area contributed by atoms with Crippen LogP contribution in [0, 0.1) is 0 Å². The van der Waals surface area contributed by atoms with Gasteiger partial charge >= 0.3 is 6.36 Å². The summed E-state index contributed by atoms with van der Waals surface area (Å²) in [5.41, 5.74) is 9.76. The van der Waals surface area contributed by atoms with Gasteiger partial charge in [0.25, 0.3) is 10.0 Å². The summed E-state index contributed by atoms with van der Waals surface area (Å²) in [4.78, 5) is -0.782. The second-order valence-electron chi connectivity index (χ2n) is 2.99. The lowest BCUT2D eigenvalue weighted by molar-refractivity contribution is -0.275. The summed E-state index contributed by atoms with van der Waals surface area (Å²) in [6, 6.07) is 4.11. The molecule has 0 aliphatic rings. The molecule has 18 heavy (non-hydrogen) atoms. The molecule has 1 rings (SSSR count). The molecule has 0 saturated heterocycles. The van der Waals surface area contributed by atoms with Crippen LogP contribution < -0.4 is 16.2 Å². The van der Waals surface area contributed by atoms with Gasteiger partial charge in [0.15, 0.2) is 0 Å². The summed E-state index contributed by atoms with van der Waals surface area (Å²) in [6.45, 7) is 0. The number of ether oxygens (including phenoxy) is 1. The minimum Gasteiger partial charge on any atom is -0.404 e. The van der Waals surface area contributed by atoms with Gasteiger partial charge in [-0.25, -0.2) is 0 Å². The van der Waals surface area contributed by atoms with E-state index in [4.69, 9.17) is 11.5 Å². The predicted octanol–water partition coefficient (Wildman–Crippen LogP) is 0.547. The minimum atomic E-state index is -5.02. The molecular formula is C8H8F3N3O3S. The maximum Gasteiger partial charge on any atom is 0.573 e. The first-order valence-electron chi connectivity index (χ1n) is 4.32. The summed E-state index contributed by atoms with van der Waals surface area (Å²) in [5.74, 6) is -1.70. The van der Waals surface area contributed by atoms with Crippen molar-refractivity contribution in [2.75, 3.05) is 0 Å². The molecule has 0 bridgehead atoms. The van der Waals surface area contributed by atoms with E-state index < -0.39 is 33.0 Å². The van der Waals surface area contributed by atoms with E-state index in [0.717, 1.165) is 12.1 Å². The maximum atomic E-state index is 12.1. The van der Waals surface area contributed by atoms with Crippen molar-refractivity contribution in [2.24, 2.45) is 15.9 Å². The Hall–Kier alpha value is -1.97. The lowest BCUT2D eigenvalue weighted by Gasteiger charge is -2.11. The van der Waals surface area contributed by atoms with Crippen molar-refractivity contribution in [3.63, 3.8) is 0 Å². The Labute approximate surface area is 100 Å². The molecule has 0 spiro atoms. The van der Waals surface area contributed by atoms with E-state index in [1.165, 1.54) is 12.1 Å². The molecule has 0 aromatic heterocycles. The zero-order valence-electron chi connectivity index (χ0n) is 8.68. The van der Waals surface area contributed by atoms with Crippen molar-refractivity contribution < 1.29 is 26.3 Å². The van der Waals surface area contributed by atoms with Crippen LogP contribution in [-0.2, 0) is 10.0 Å². The van der Waals surface area contributed by atoms with Crippen molar-refractivity contribution >= 4 is 16.0 Å². The number of para-hydroxylation sites is 1. The van der Waals surface area contributed by atoms with E-state index in [1.807, 2.05) is 0 Å². The SMILES string of the molecule is NC(N)=NS(=O)(=O)c1ccccc1OC(F)(F)F. The topological polar surface area (TPSA) is 108 Å². The molecule has 1 aromatic carbocycles. The Morgan fingerprint density at radius 3 is 2.28 bits per heavy atom. The molecular weight excluding hydrogens is 275 g/mol. The summed E-state index contributed by atoms with van der Waals surface area (Å²) in [7, 11) is -4.45. The molecule has 0 aliphatic carbocycles. The van der Waals surface area contributed by atoms with Crippen molar-refractivity contribution in [1.82, 2.24) is 0 Å². The number of halogens is 3. The molecule has 0 aliphatic heterocycles. The number of hydrogen-bond acceptors (Lipinski definition) is 3. The van der Waals surface area contributed by atoms with Crippen LogP contribution in [0.2, 0.25) is 0 Å². The highest BCUT2D eigenvalue weighted by molar-refractivity contribution is 7.90. The largest absolute Gasteiger partial charge is 0.573 e. The van der Waals surface area contributed by atoms with Gasteiger partial charge in [0.05, 0.1) is 0 Å². The molecule has 1 aromatic rings. The fraction of sp³-hybridized carbons (Fsp3) is 0.125. The first kappa shape index (κ1) is 14.1. The summed E-state index contributed by atoms with van der Waals surface area (Å²) in [6.07, 6.45) is -5.02. The van der Waals surface area contributed by atoms with Gasteiger partial charge in [0.2, 0.25) is 5.96 Å². The van der Waals surface area contributed by atoms with Crippen molar-refractivity contribution in [1.29, 1.82) is 0 Å². The van der Waals surface area contributed by atoms with E-state index in [9.17, 15) is 21.6 Å². The third kappa shape index (κ3) is 3.80. The number of hydrogen-bond donors (Lipinski definition) is 2. The molecule has 0 unspecified atom stereocenters. The van der Waals surface area contributed by atoms with Gasteiger partial charge in [0.1, 0.15) is 10.6 Å². The average Bonchev–Trinajstić information content (AvgIpc) is 2.13. The van der Waals surface area contributed by atoms with Gasteiger partial charge in [-0.1, -0.05) is 12.1 Å². The smallest absolute Gasteiger partial charge is 0.404 e. The van der Waals surface area contributed by atoms with E-state index in [1.54, 1.807) is 0 Å². The maximum absolute atomic E-state index is 12.1. The minimum absolute atomic E-state index is 0.782. The normalized spacial score (nSPS) is 11.9. The van der Waals surface area contributed by atoms with E-state index in [2.05, 4.69) is 9.13 Å². The number of nitrogens with zero attached hydrogens (tertiary/aromatic N) is 1. The Bertz CT molecular complexity index is 564. The Morgan fingerprint density at radius 2 is 1.78 bits per heavy atom. The fourth-order valence-corrected chi connectivity index (χ4v) is 2.05. The summed E-state index contributed by atoms with van der Waals surface area (Å²) < 4.78 is 65.8. The molecule has 0 heterocycles. The Morgan fingerprint density at radius 1 is 1.22 bits per heavy atom. The molecule has 0 radical (unpaired) electrons. The molecule has 0 amide bonds. The van der Waals surface area contributed by atoms with Gasteiger partial charge in [-0.2, -0.15) is 8.42 Å². The lowest BCUT2D eigenvalue weighted by atomic mass is 10.3. The first-order valence-corrected chi connectivity index (χ1v) is 5.76. The van der Waals surface area contributed by atoms with Crippen LogP contribution in [0.25, 0.3) is 0 Å². The number of alkyl halides is 3. The second-order valence-corrected chi connectivity index (χ2v) is 4.56. The molecule has 4 N–H and O–H groups in total. The van der Waals surface area contributed by atoms with Crippen LogP contribution in [0.4, 0.5) is 13.2 Å². The Balaban J connectivity index is 3.30. The first-order chi connectivity index (χ1) is 8.12. The monoisotopic (exact) mass is 283 g/mol. The van der Waals surface area contributed by atoms with Gasteiger partial charge in [-0.05, 0) is 12.1 Å². The predicted molar refractivity (Wildman–Crippen MR) is 56.1 cm³/mol. The lowest BCUT2D eigenvalue weighted by Crippen LogP contribution is -2.24. The summed E-state index contributed by atoms with van der Waals surface area (Å²) >= 11 is 0. The van der Waals surface area contributed by atoms with Gasteiger partial charge in [-0.3, -0.25) is 0 Å². The van der Waals surface area contributed by atoms with Crippen LogP contribution >= 0.6 is 0 Å². The highest BCUT2D eigenvalue weighted by atomic mass is 32.2. The summed E-state index contributed by atoms with van der Waals surface area (Å²) in [5, 5.41) is 0. The molecule has 0 atom stereocenters. The van der Waals surface area contributed by atoms with E-state index >= 15 is 0 Å². The van der Waals surface area contributed by atoms with Gasteiger partial charge in [0, 0.05) is 0 Å². The quantitative estimate of drug-likeness (QED) is 0.622. The van der Waals surface area contributed by atoms with Crippen molar-refractivity contribution in [3.05, 3.63) is 24.3 Å².